The highest BCUT2D eigenvalue weighted by atomic mass is 35.5. The fourth-order valence-corrected chi connectivity index (χ4v) is 4.90. The molecular weight excluding hydrogens is 465 g/mol. The number of Topliss-reactive ketones (excluding diaryl/α,β-unsaturated/α-hetero) is 1. The van der Waals surface area contributed by atoms with Gasteiger partial charge in [0, 0.05) is 22.0 Å². The number of fused-ring (bicyclic) bond motifs is 1. The van der Waals surface area contributed by atoms with Crippen molar-refractivity contribution in [3.8, 4) is 5.75 Å². The second-order valence-electron chi connectivity index (χ2n) is 8.13. The number of nitrogens with zero attached hydrogens (tertiary/aromatic N) is 1. The highest BCUT2D eigenvalue weighted by molar-refractivity contribution is 6.47. The molecule has 8 heteroatoms. The summed E-state index contributed by atoms with van der Waals surface area (Å²) < 4.78 is 11.1. The van der Waals surface area contributed by atoms with E-state index >= 15 is 0 Å². The number of likely N-dealkylation sites (tertiary alicyclic amines) is 1. The molecule has 1 aromatic heterocycles. The maximum Gasteiger partial charge on any atom is 0.296 e. The normalized spacial score (nSPS) is 21.4. The van der Waals surface area contributed by atoms with Crippen LogP contribution in [0.4, 0.5) is 0 Å². The number of halogens is 2. The summed E-state index contributed by atoms with van der Waals surface area (Å²) in [5, 5.41) is 12.0. The fraction of sp³-hybridized carbons (Fsp3) is 0.200. The van der Waals surface area contributed by atoms with E-state index in [1.807, 2.05) is 6.92 Å². The monoisotopic (exact) mass is 483 g/mol. The quantitative estimate of drug-likeness (QED) is 0.299. The van der Waals surface area contributed by atoms with Gasteiger partial charge < -0.3 is 19.2 Å². The van der Waals surface area contributed by atoms with Crippen LogP contribution in [-0.2, 0) is 22.6 Å². The fourth-order valence-electron chi connectivity index (χ4n) is 4.38. The molecule has 0 saturated carbocycles. The second kappa shape index (κ2) is 8.28. The summed E-state index contributed by atoms with van der Waals surface area (Å²) in [7, 11) is 0. The zero-order valence-electron chi connectivity index (χ0n) is 17.5. The first kappa shape index (κ1) is 21.6. The Morgan fingerprint density at radius 3 is 2.70 bits per heavy atom. The number of ether oxygens (including phenoxy) is 1. The molecule has 2 unspecified atom stereocenters. The van der Waals surface area contributed by atoms with Gasteiger partial charge in [0.1, 0.15) is 23.4 Å². The lowest BCUT2D eigenvalue weighted by atomic mass is 9.94. The molecule has 1 saturated heterocycles. The van der Waals surface area contributed by atoms with Crippen LogP contribution in [0.25, 0.3) is 5.76 Å². The lowest BCUT2D eigenvalue weighted by Gasteiger charge is -2.25. The number of hydrogen-bond donors (Lipinski definition) is 1. The Morgan fingerprint density at radius 1 is 1.15 bits per heavy atom. The van der Waals surface area contributed by atoms with Crippen molar-refractivity contribution in [2.75, 3.05) is 0 Å². The van der Waals surface area contributed by atoms with Crippen LogP contribution in [0.15, 0.2) is 64.8 Å². The number of carbonyl (C=O) groups is 2. The van der Waals surface area contributed by atoms with E-state index in [4.69, 9.17) is 32.4 Å². The molecule has 2 aliphatic heterocycles. The smallest absolute Gasteiger partial charge is 0.296 e. The van der Waals surface area contributed by atoms with Gasteiger partial charge in [-0.2, -0.15) is 0 Å². The number of aliphatic hydroxyl groups excluding tert-OH is 1. The molecule has 168 valence electrons. The minimum Gasteiger partial charge on any atom is -0.507 e. The van der Waals surface area contributed by atoms with Gasteiger partial charge in [-0.3, -0.25) is 9.59 Å². The average molecular weight is 484 g/mol. The molecule has 0 spiro atoms. The molecule has 1 amide bonds. The third-order valence-corrected chi connectivity index (χ3v) is 6.44. The number of amides is 1. The van der Waals surface area contributed by atoms with Crippen molar-refractivity contribution in [3.05, 3.63) is 92.9 Å². The van der Waals surface area contributed by atoms with Crippen molar-refractivity contribution in [2.24, 2.45) is 0 Å². The summed E-state index contributed by atoms with van der Waals surface area (Å²) in [6.45, 7) is 2.00. The zero-order chi connectivity index (χ0) is 23.3. The maximum absolute atomic E-state index is 13.2. The van der Waals surface area contributed by atoms with Crippen molar-refractivity contribution in [2.45, 2.75) is 32.0 Å². The molecule has 1 fully saturated rings. The van der Waals surface area contributed by atoms with Gasteiger partial charge in [-0.05, 0) is 60.5 Å². The first-order valence-corrected chi connectivity index (χ1v) is 11.1. The van der Waals surface area contributed by atoms with E-state index in [1.54, 1.807) is 48.5 Å². The zero-order valence-corrected chi connectivity index (χ0v) is 19.1. The molecule has 5 rings (SSSR count). The summed E-state index contributed by atoms with van der Waals surface area (Å²) in [4.78, 5) is 27.6. The third-order valence-electron chi connectivity index (χ3n) is 5.87. The lowest BCUT2D eigenvalue weighted by molar-refractivity contribution is -0.140. The van der Waals surface area contributed by atoms with Gasteiger partial charge in [0.25, 0.3) is 11.7 Å². The molecule has 0 radical (unpaired) electrons. The molecule has 33 heavy (non-hydrogen) atoms. The Labute approximate surface area is 200 Å². The topological polar surface area (TPSA) is 80.0 Å². The lowest BCUT2D eigenvalue weighted by Crippen LogP contribution is -2.29. The van der Waals surface area contributed by atoms with Gasteiger partial charge in [0.05, 0.1) is 24.4 Å². The van der Waals surface area contributed by atoms with Crippen LogP contribution in [0.1, 0.15) is 35.4 Å². The van der Waals surface area contributed by atoms with E-state index in [9.17, 15) is 14.7 Å². The number of ketones is 1. The highest BCUT2D eigenvalue weighted by Crippen LogP contribution is 2.43. The highest BCUT2D eigenvalue weighted by Gasteiger charge is 2.47. The number of furan rings is 1. The van der Waals surface area contributed by atoms with Gasteiger partial charge >= 0.3 is 0 Å². The summed E-state index contributed by atoms with van der Waals surface area (Å²) in [5.41, 5.74) is 1.80. The Hall–Kier alpha value is -3.22. The molecular formula is C25H19Cl2NO5. The van der Waals surface area contributed by atoms with Crippen molar-refractivity contribution in [1.82, 2.24) is 4.90 Å². The Morgan fingerprint density at radius 2 is 1.97 bits per heavy atom. The summed E-state index contributed by atoms with van der Waals surface area (Å²) in [6.07, 6.45) is 2.21. The standard InChI is InChI=1S/C25H19Cl2NO5/c1-13-9-15-10-14(4-7-20(15)33-13)23(29)21-22(18-6-5-16(26)11-19(18)27)28(25(31)24(21)30)12-17-3-2-8-32-17/h2-8,10-11,13,22,29H,9,12H2,1H3. The van der Waals surface area contributed by atoms with Gasteiger partial charge in [0.15, 0.2) is 0 Å². The molecule has 2 aliphatic rings. The van der Waals surface area contributed by atoms with Gasteiger partial charge in [0.2, 0.25) is 0 Å². The van der Waals surface area contributed by atoms with E-state index < -0.39 is 17.7 Å². The number of benzene rings is 2. The predicted molar refractivity (Wildman–Crippen MR) is 123 cm³/mol. The minimum absolute atomic E-state index is 0.0316. The summed E-state index contributed by atoms with van der Waals surface area (Å²) >= 11 is 12.6. The molecule has 2 atom stereocenters. The van der Waals surface area contributed by atoms with Crippen molar-refractivity contribution in [3.63, 3.8) is 0 Å². The largest absolute Gasteiger partial charge is 0.507 e. The molecule has 3 aromatic rings. The first-order valence-electron chi connectivity index (χ1n) is 10.4. The SMILES string of the molecule is CC1Cc2cc(C(O)=C3C(=O)C(=O)N(Cc4ccco4)C3c3ccc(Cl)cc3Cl)ccc2O1. The van der Waals surface area contributed by atoms with Crippen LogP contribution >= 0.6 is 23.2 Å². The number of aliphatic hydroxyl groups is 1. The van der Waals surface area contributed by atoms with Gasteiger partial charge in [-0.15, -0.1) is 0 Å². The molecule has 2 aromatic carbocycles. The van der Waals surface area contributed by atoms with E-state index in [0.29, 0.717) is 28.3 Å². The Kier molecular flexibility index (Phi) is 5.43. The molecule has 6 nitrogen and oxygen atoms in total. The summed E-state index contributed by atoms with van der Waals surface area (Å²) in [6, 6.07) is 12.5. The second-order valence-corrected chi connectivity index (χ2v) is 8.97. The van der Waals surface area contributed by atoms with Crippen LogP contribution in [-0.4, -0.2) is 27.8 Å². The van der Waals surface area contributed by atoms with Gasteiger partial charge in [-0.25, -0.2) is 0 Å². The van der Waals surface area contributed by atoms with Gasteiger partial charge in [-0.1, -0.05) is 29.3 Å². The number of hydrogen-bond acceptors (Lipinski definition) is 5. The van der Waals surface area contributed by atoms with Crippen LogP contribution in [0.3, 0.4) is 0 Å². The van der Waals surface area contributed by atoms with Crippen LogP contribution in [0, 0.1) is 0 Å². The maximum atomic E-state index is 13.2. The first-order chi connectivity index (χ1) is 15.8. The third kappa shape index (κ3) is 3.79. The number of rotatable bonds is 4. The number of carbonyl (C=O) groups excluding carboxylic acids is 2. The van der Waals surface area contributed by atoms with E-state index in [1.165, 1.54) is 11.2 Å². The van der Waals surface area contributed by atoms with Crippen LogP contribution < -0.4 is 4.74 Å². The Balaban J connectivity index is 1.66. The summed E-state index contributed by atoms with van der Waals surface area (Å²) in [5.74, 6) is -0.568. The van der Waals surface area contributed by atoms with Crippen LogP contribution in [0.5, 0.6) is 5.75 Å². The van der Waals surface area contributed by atoms with E-state index in [-0.39, 0.29) is 29.0 Å². The molecule has 1 N–H and O–H groups in total. The van der Waals surface area contributed by atoms with Crippen LogP contribution in [0.2, 0.25) is 10.0 Å². The van der Waals surface area contributed by atoms with E-state index in [0.717, 1.165) is 11.3 Å². The molecule has 0 aliphatic carbocycles. The van der Waals surface area contributed by atoms with Crippen molar-refractivity contribution in [1.29, 1.82) is 0 Å². The average Bonchev–Trinajstić information content (AvgIpc) is 3.48. The van der Waals surface area contributed by atoms with Crippen molar-refractivity contribution >= 4 is 40.7 Å². The van der Waals surface area contributed by atoms with Crippen molar-refractivity contribution < 1.29 is 23.8 Å². The van der Waals surface area contributed by atoms with E-state index in [2.05, 4.69) is 0 Å². The predicted octanol–water partition coefficient (Wildman–Crippen LogP) is 5.53. The molecule has 0 bridgehead atoms. The Bertz CT molecular complexity index is 1300. The minimum atomic E-state index is -0.914. The molecule has 3 heterocycles.